The van der Waals surface area contributed by atoms with E-state index in [1.807, 2.05) is 55.5 Å². The summed E-state index contributed by atoms with van der Waals surface area (Å²) in [6.07, 6.45) is 0. The van der Waals surface area contributed by atoms with Gasteiger partial charge < -0.3 is 10.1 Å². The van der Waals surface area contributed by atoms with Gasteiger partial charge in [-0.3, -0.25) is 4.90 Å². The fourth-order valence-corrected chi connectivity index (χ4v) is 5.86. The maximum absolute atomic E-state index is 13.3. The number of nitrogens with one attached hydrogen (secondary N) is 1. The summed E-state index contributed by atoms with van der Waals surface area (Å²) in [6, 6.07) is 20.3. The monoisotopic (exact) mass is 521 g/mol. The van der Waals surface area contributed by atoms with Crippen LogP contribution in [0.1, 0.15) is 18.8 Å². The zero-order valence-corrected chi connectivity index (χ0v) is 21.5. The normalized spacial score (nSPS) is 16.0. The Hall–Kier alpha value is -3.60. The number of sulfonamides is 1. The van der Waals surface area contributed by atoms with Crippen LogP contribution in [0.25, 0.3) is 10.9 Å². The Morgan fingerprint density at radius 2 is 1.59 bits per heavy atom. The molecule has 0 amide bonds. The van der Waals surface area contributed by atoms with E-state index >= 15 is 0 Å². The maximum atomic E-state index is 13.3. The number of hydrogen-bond donors (Lipinski definition) is 1. The summed E-state index contributed by atoms with van der Waals surface area (Å²) < 4.78 is 45.9. The highest BCUT2D eigenvalue weighted by Gasteiger charge is 2.31. The number of piperazine rings is 1. The van der Waals surface area contributed by atoms with Crippen molar-refractivity contribution >= 4 is 32.4 Å². The van der Waals surface area contributed by atoms with Crippen LogP contribution >= 0.6 is 0 Å². The van der Waals surface area contributed by atoms with Crippen LogP contribution in [0.4, 0.5) is 15.9 Å². The third-order valence-corrected chi connectivity index (χ3v) is 8.53. The molecule has 37 heavy (non-hydrogen) atoms. The SMILES string of the molecule is COc1ccc(Nc2nc(C(C)N3CCN(S(=O)(=O)c4ccc(F)cc4)CC3)nc3ccccc23)cc1. The lowest BCUT2D eigenvalue weighted by Gasteiger charge is -2.36. The average molecular weight is 522 g/mol. The molecule has 10 heteroatoms. The molecule has 5 rings (SSSR count). The van der Waals surface area contributed by atoms with Crippen molar-refractivity contribution in [2.45, 2.75) is 17.9 Å². The molecule has 0 bridgehead atoms. The first-order valence-corrected chi connectivity index (χ1v) is 13.5. The van der Waals surface area contributed by atoms with Crippen LogP contribution in [0, 0.1) is 5.82 Å². The molecule has 1 fully saturated rings. The number of rotatable bonds is 7. The fourth-order valence-electron chi connectivity index (χ4n) is 4.44. The Kier molecular flexibility index (Phi) is 7.05. The van der Waals surface area contributed by atoms with Gasteiger partial charge >= 0.3 is 0 Å². The summed E-state index contributed by atoms with van der Waals surface area (Å²) in [7, 11) is -2.05. The van der Waals surface area contributed by atoms with Crippen LogP contribution in [0.5, 0.6) is 5.75 Å². The predicted molar refractivity (Wildman–Crippen MR) is 141 cm³/mol. The summed E-state index contributed by atoms with van der Waals surface area (Å²) >= 11 is 0. The zero-order chi connectivity index (χ0) is 26.0. The van der Waals surface area contributed by atoms with Crippen molar-refractivity contribution in [3.8, 4) is 5.75 Å². The first kappa shape index (κ1) is 25.1. The molecule has 1 aromatic heterocycles. The molecule has 0 aliphatic carbocycles. The Bertz CT molecular complexity index is 1490. The summed E-state index contributed by atoms with van der Waals surface area (Å²) in [5, 5.41) is 4.31. The molecular weight excluding hydrogens is 493 g/mol. The molecule has 0 saturated carbocycles. The van der Waals surface area contributed by atoms with Crippen molar-refractivity contribution in [3.63, 3.8) is 0 Å². The van der Waals surface area contributed by atoms with Gasteiger partial charge in [0.15, 0.2) is 0 Å². The summed E-state index contributed by atoms with van der Waals surface area (Å²) in [4.78, 5) is 12.0. The molecule has 1 aliphatic heterocycles. The van der Waals surface area contributed by atoms with E-state index < -0.39 is 15.8 Å². The van der Waals surface area contributed by atoms with Gasteiger partial charge in [0.2, 0.25) is 10.0 Å². The van der Waals surface area contributed by atoms with Gasteiger partial charge in [0.05, 0.1) is 23.6 Å². The molecule has 1 atom stereocenters. The third-order valence-electron chi connectivity index (χ3n) is 6.62. The van der Waals surface area contributed by atoms with Crippen molar-refractivity contribution in [3.05, 3.63) is 84.4 Å². The van der Waals surface area contributed by atoms with E-state index in [-0.39, 0.29) is 10.9 Å². The highest BCUT2D eigenvalue weighted by Crippen LogP contribution is 2.29. The number of hydrogen-bond acceptors (Lipinski definition) is 7. The van der Waals surface area contributed by atoms with E-state index in [9.17, 15) is 12.8 Å². The number of benzene rings is 3. The van der Waals surface area contributed by atoms with Gasteiger partial charge in [0.1, 0.15) is 23.2 Å². The van der Waals surface area contributed by atoms with Gasteiger partial charge in [0.25, 0.3) is 0 Å². The largest absolute Gasteiger partial charge is 0.497 e. The van der Waals surface area contributed by atoms with Crippen LogP contribution in [-0.4, -0.2) is 60.9 Å². The van der Waals surface area contributed by atoms with Crippen LogP contribution in [0.3, 0.4) is 0 Å². The summed E-state index contributed by atoms with van der Waals surface area (Å²) in [5.41, 5.74) is 1.70. The molecule has 1 unspecified atom stereocenters. The molecule has 1 saturated heterocycles. The topological polar surface area (TPSA) is 87.7 Å². The molecular formula is C27H28FN5O3S. The van der Waals surface area contributed by atoms with Gasteiger partial charge in [-0.25, -0.2) is 22.8 Å². The van der Waals surface area contributed by atoms with Gasteiger partial charge in [-0.2, -0.15) is 4.31 Å². The van der Waals surface area contributed by atoms with Crippen molar-refractivity contribution in [1.29, 1.82) is 0 Å². The number of nitrogens with zero attached hydrogens (tertiary/aromatic N) is 4. The highest BCUT2D eigenvalue weighted by atomic mass is 32.2. The average Bonchev–Trinajstić information content (AvgIpc) is 2.93. The fraction of sp³-hybridized carbons (Fsp3) is 0.259. The Balaban J connectivity index is 1.35. The lowest BCUT2D eigenvalue weighted by Crippen LogP contribution is -2.49. The van der Waals surface area contributed by atoms with E-state index in [2.05, 4.69) is 10.2 Å². The molecule has 0 radical (unpaired) electrons. The Morgan fingerprint density at radius 3 is 2.27 bits per heavy atom. The number of aromatic nitrogens is 2. The summed E-state index contributed by atoms with van der Waals surface area (Å²) in [5.74, 6) is 1.67. The number of anilines is 2. The smallest absolute Gasteiger partial charge is 0.243 e. The second kappa shape index (κ2) is 10.4. The molecule has 2 heterocycles. The minimum absolute atomic E-state index is 0.0995. The second-order valence-corrected chi connectivity index (χ2v) is 10.8. The van der Waals surface area contributed by atoms with Gasteiger partial charge in [-0.05, 0) is 67.6 Å². The number of halogens is 1. The molecule has 1 aliphatic rings. The minimum Gasteiger partial charge on any atom is -0.497 e. The van der Waals surface area contributed by atoms with E-state index in [1.54, 1.807) is 7.11 Å². The first-order valence-electron chi connectivity index (χ1n) is 12.0. The second-order valence-electron chi connectivity index (χ2n) is 8.87. The molecule has 0 spiro atoms. The summed E-state index contributed by atoms with van der Waals surface area (Å²) in [6.45, 7) is 3.74. The van der Waals surface area contributed by atoms with Crippen molar-refractivity contribution in [1.82, 2.24) is 19.2 Å². The number of ether oxygens (including phenoxy) is 1. The van der Waals surface area contributed by atoms with E-state index in [4.69, 9.17) is 14.7 Å². The van der Waals surface area contributed by atoms with Crippen molar-refractivity contribution < 1.29 is 17.5 Å². The van der Waals surface area contributed by atoms with Crippen LogP contribution in [0.2, 0.25) is 0 Å². The quantitative estimate of drug-likeness (QED) is 0.381. The zero-order valence-electron chi connectivity index (χ0n) is 20.6. The molecule has 8 nitrogen and oxygen atoms in total. The maximum Gasteiger partial charge on any atom is 0.243 e. The molecule has 3 aromatic carbocycles. The molecule has 192 valence electrons. The Labute approximate surface area is 215 Å². The van der Waals surface area contributed by atoms with Gasteiger partial charge in [-0.1, -0.05) is 12.1 Å². The lowest BCUT2D eigenvalue weighted by molar-refractivity contribution is 0.141. The van der Waals surface area contributed by atoms with Crippen molar-refractivity contribution in [2.24, 2.45) is 0 Å². The third kappa shape index (κ3) is 5.27. The lowest BCUT2D eigenvalue weighted by atomic mass is 10.2. The van der Waals surface area contributed by atoms with Crippen LogP contribution in [0.15, 0.2) is 77.7 Å². The predicted octanol–water partition coefficient (Wildman–Crippen LogP) is 4.59. The van der Waals surface area contributed by atoms with E-state index in [0.29, 0.717) is 37.8 Å². The number of methoxy groups -OCH3 is 1. The van der Waals surface area contributed by atoms with E-state index in [1.165, 1.54) is 28.6 Å². The van der Waals surface area contributed by atoms with Crippen LogP contribution < -0.4 is 10.1 Å². The minimum atomic E-state index is -3.68. The van der Waals surface area contributed by atoms with Gasteiger partial charge in [-0.15, -0.1) is 0 Å². The Morgan fingerprint density at radius 1 is 0.919 bits per heavy atom. The number of fused-ring (bicyclic) bond motifs is 1. The highest BCUT2D eigenvalue weighted by molar-refractivity contribution is 7.89. The first-order chi connectivity index (χ1) is 17.8. The molecule has 4 aromatic rings. The molecule has 1 N–H and O–H groups in total. The van der Waals surface area contributed by atoms with E-state index in [0.717, 1.165) is 22.3 Å². The van der Waals surface area contributed by atoms with Crippen molar-refractivity contribution in [2.75, 3.05) is 38.6 Å². The van der Waals surface area contributed by atoms with Gasteiger partial charge in [0, 0.05) is 37.3 Å². The standard InChI is InChI=1S/C27H28FN5O3S/c1-19(32-15-17-33(18-16-32)37(34,35)23-13-7-20(28)8-14-23)26-30-25-6-4-3-5-24(25)27(31-26)29-21-9-11-22(36-2)12-10-21/h3-14,19H,15-18H2,1-2H3,(H,29,30,31). The number of para-hydroxylation sites is 1. The van der Waals surface area contributed by atoms with Crippen LogP contribution in [-0.2, 0) is 10.0 Å².